The summed E-state index contributed by atoms with van der Waals surface area (Å²) in [6.07, 6.45) is -3.84. The second kappa shape index (κ2) is 9.12. The van der Waals surface area contributed by atoms with Crippen LogP contribution in [0.1, 0.15) is 19.3 Å². The molecular formula is C19H17F3N2O7S. The first-order valence-electron chi connectivity index (χ1n) is 9.28. The lowest BCUT2D eigenvalue weighted by atomic mass is 10.2. The van der Waals surface area contributed by atoms with Crippen LogP contribution in [-0.4, -0.2) is 38.3 Å². The van der Waals surface area contributed by atoms with Crippen molar-refractivity contribution in [1.82, 2.24) is 0 Å². The van der Waals surface area contributed by atoms with E-state index in [4.69, 9.17) is 9.47 Å². The average molecular weight is 474 g/mol. The molecule has 1 aliphatic heterocycles. The summed E-state index contributed by atoms with van der Waals surface area (Å²) in [5.41, 5.74) is -0.651. The summed E-state index contributed by atoms with van der Waals surface area (Å²) in [5.74, 6) is -2.48. The van der Waals surface area contributed by atoms with E-state index in [1.54, 1.807) is 5.32 Å². The summed E-state index contributed by atoms with van der Waals surface area (Å²) < 4.78 is 74.4. The van der Waals surface area contributed by atoms with Crippen molar-refractivity contribution in [2.45, 2.75) is 41.5 Å². The van der Waals surface area contributed by atoms with Crippen LogP contribution >= 0.6 is 0 Å². The van der Waals surface area contributed by atoms with E-state index < -0.39 is 33.1 Å². The molecule has 2 aromatic rings. The minimum atomic E-state index is -5.10. The van der Waals surface area contributed by atoms with Crippen molar-refractivity contribution in [3.05, 3.63) is 52.6 Å². The number of hydrogen-bond acceptors (Lipinski definition) is 7. The zero-order valence-electron chi connectivity index (χ0n) is 16.3. The molecule has 1 N–H and O–H groups in total. The minimum absolute atomic E-state index is 0.262. The van der Waals surface area contributed by atoms with Crippen molar-refractivity contribution in [2.24, 2.45) is 0 Å². The number of carbonyl (C=O) groups is 1. The molecule has 1 saturated heterocycles. The van der Waals surface area contributed by atoms with Crippen molar-refractivity contribution in [3.63, 3.8) is 0 Å². The Morgan fingerprint density at radius 2 is 1.84 bits per heavy atom. The Morgan fingerprint density at radius 1 is 1.16 bits per heavy atom. The number of non-ortho nitro benzene ring substituents is 1. The molecule has 1 aliphatic rings. The molecule has 0 aromatic heterocycles. The Morgan fingerprint density at radius 3 is 2.41 bits per heavy atom. The molecule has 9 nitrogen and oxygen atoms in total. The van der Waals surface area contributed by atoms with Gasteiger partial charge in [0.15, 0.2) is 6.29 Å². The van der Waals surface area contributed by atoms with Gasteiger partial charge in [-0.1, -0.05) is 0 Å². The van der Waals surface area contributed by atoms with Crippen LogP contribution in [0.2, 0.25) is 0 Å². The fraction of sp³-hybridized carbons (Fsp3) is 0.316. The van der Waals surface area contributed by atoms with Crippen molar-refractivity contribution >= 4 is 27.1 Å². The minimum Gasteiger partial charge on any atom is -0.463 e. The predicted molar refractivity (Wildman–Crippen MR) is 104 cm³/mol. The van der Waals surface area contributed by atoms with Crippen molar-refractivity contribution in [3.8, 4) is 5.75 Å². The molecule has 0 saturated carbocycles. The molecule has 0 aliphatic carbocycles. The topological polar surface area (TPSA) is 125 Å². The fourth-order valence-corrected chi connectivity index (χ4v) is 4.28. The summed E-state index contributed by atoms with van der Waals surface area (Å²) in [5, 5.41) is 12.7. The number of nitro benzene ring substituents is 1. The zero-order chi connectivity index (χ0) is 23.5. The first-order valence-corrected chi connectivity index (χ1v) is 10.8. The van der Waals surface area contributed by atoms with Gasteiger partial charge in [-0.2, -0.15) is 13.2 Å². The third-order valence-electron chi connectivity index (χ3n) is 4.50. The van der Waals surface area contributed by atoms with Gasteiger partial charge in [-0.05, 0) is 43.2 Å². The van der Waals surface area contributed by atoms with Crippen LogP contribution in [0.15, 0.2) is 52.3 Å². The number of benzene rings is 2. The number of rotatable bonds is 6. The summed E-state index contributed by atoms with van der Waals surface area (Å²) in [6, 6.07) is 6.99. The summed E-state index contributed by atoms with van der Waals surface area (Å²) >= 11 is 0. The first kappa shape index (κ1) is 23.5. The van der Waals surface area contributed by atoms with E-state index >= 15 is 0 Å². The van der Waals surface area contributed by atoms with Crippen LogP contribution in [0, 0.1) is 10.1 Å². The molecule has 3 rings (SSSR count). The molecule has 1 heterocycles. The van der Waals surface area contributed by atoms with Gasteiger partial charge in [0.2, 0.25) is 9.84 Å². The van der Waals surface area contributed by atoms with E-state index in [-0.39, 0.29) is 26.9 Å². The molecule has 1 unspecified atom stereocenters. The maximum atomic E-state index is 13.1. The second-order valence-electron chi connectivity index (χ2n) is 6.78. The lowest BCUT2D eigenvalue weighted by molar-refractivity contribution is -0.385. The average Bonchev–Trinajstić information content (AvgIpc) is 2.74. The summed E-state index contributed by atoms with van der Waals surface area (Å²) in [7, 11) is -4.27. The molecule has 1 atom stereocenters. The Balaban J connectivity index is 1.92. The third-order valence-corrected chi connectivity index (χ3v) is 6.31. The highest BCUT2D eigenvalue weighted by Gasteiger charge is 2.38. The van der Waals surface area contributed by atoms with Gasteiger partial charge in [0.05, 0.1) is 22.5 Å². The van der Waals surface area contributed by atoms with Gasteiger partial charge >= 0.3 is 12.1 Å². The van der Waals surface area contributed by atoms with Crippen molar-refractivity contribution < 1.29 is 40.8 Å². The molecule has 32 heavy (non-hydrogen) atoms. The first-order chi connectivity index (χ1) is 15.0. The quantitative estimate of drug-likeness (QED) is 0.498. The summed E-state index contributed by atoms with van der Waals surface area (Å²) in [4.78, 5) is 20.8. The van der Waals surface area contributed by atoms with Crippen molar-refractivity contribution in [2.75, 3.05) is 11.9 Å². The second-order valence-corrected chi connectivity index (χ2v) is 8.70. The molecule has 1 fully saturated rings. The molecule has 1 amide bonds. The van der Waals surface area contributed by atoms with E-state index in [2.05, 4.69) is 0 Å². The highest BCUT2D eigenvalue weighted by Crippen LogP contribution is 2.35. The normalized spacial score (nSPS) is 16.9. The van der Waals surface area contributed by atoms with Crippen LogP contribution in [0.5, 0.6) is 5.75 Å². The molecule has 0 radical (unpaired) electrons. The maximum absolute atomic E-state index is 13.1. The van der Waals surface area contributed by atoms with Crippen LogP contribution in [-0.2, 0) is 19.4 Å². The molecule has 0 bridgehead atoms. The Bertz CT molecular complexity index is 1110. The molecule has 13 heteroatoms. The van der Waals surface area contributed by atoms with E-state index in [1.807, 2.05) is 0 Å². The van der Waals surface area contributed by atoms with Gasteiger partial charge in [0.25, 0.3) is 5.69 Å². The highest BCUT2D eigenvalue weighted by atomic mass is 32.2. The van der Waals surface area contributed by atoms with Crippen LogP contribution in [0.4, 0.5) is 24.5 Å². The number of hydrogen-bond donors (Lipinski definition) is 1. The smallest absolute Gasteiger partial charge is 0.463 e. The number of amides is 1. The number of nitrogens with one attached hydrogen (secondary N) is 1. The van der Waals surface area contributed by atoms with Crippen molar-refractivity contribution in [1.29, 1.82) is 0 Å². The molecule has 2 aromatic carbocycles. The van der Waals surface area contributed by atoms with Crippen LogP contribution in [0.25, 0.3) is 0 Å². The van der Waals surface area contributed by atoms with Gasteiger partial charge in [-0.3, -0.25) is 14.9 Å². The number of halogens is 3. The number of nitrogens with zero attached hydrogens (tertiary/aromatic N) is 1. The largest absolute Gasteiger partial charge is 0.471 e. The number of ether oxygens (including phenoxy) is 2. The van der Waals surface area contributed by atoms with E-state index in [0.717, 1.165) is 55.3 Å². The van der Waals surface area contributed by atoms with Crippen LogP contribution < -0.4 is 10.1 Å². The Kier molecular flexibility index (Phi) is 6.69. The number of sulfone groups is 1. The monoisotopic (exact) mass is 474 g/mol. The third kappa shape index (κ3) is 5.34. The lowest BCUT2D eigenvalue weighted by Gasteiger charge is -2.24. The lowest BCUT2D eigenvalue weighted by Crippen LogP contribution is -2.29. The highest BCUT2D eigenvalue weighted by molar-refractivity contribution is 7.91. The van der Waals surface area contributed by atoms with Gasteiger partial charge in [-0.25, -0.2) is 8.42 Å². The zero-order valence-corrected chi connectivity index (χ0v) is 17.1. The predicted octanol–water partition coefficient (Wildman–Crippen LogP) is 3.83. The molecule has 0 spiro atoms. The number of alkyl halides is 3. The number of nitro groups is 1. The molecule has 172 valence electrons. The number of anilines is 1. The molecular weight excluding hydrogens is 457 g/mol. The van der Waals surface area contributed by atoms with Gasteiger partial charge in [0.1, 0.15) is 10.6 Å². The van der Waals surface area contributed by atoms with Gasteiger partial charge in [0, 0.05) is 18.2 Å². The Hall–Kier alpha value is -3.19. The fourth-order valence-electron chi connectivity index (χ4n) is 2.92. The van der Waals surface area contributed by atoms with E-state index in [0.29, 0.717) is 13.0 Å². The number of carbonyl (C=O) groups excluding carboxylic acids is 1. The Labute approximate surface area is 180 Å². The van der Waals surface area contributed by atoms with Gasteiger partial charge < -0.3 is 14.8 Å². The van der Waals surface area contributed by atoms with E-state index in [1.165, 1.54) is 0 Å². The standard InChI is InChI=1S/C19H17F3N2O7S/c20-19(21,22)18(25)23-12-4-7-14(8-5-12)32(28,29)16-9-6-13(24(26)27)11-15(16)31-17-3-1-2-10-30-17/h4-9,11,17H,1-3,10H2,(H,23,25). The van der Waals surface area contributed by atoms with Crippen LogP contribution in [0.3, 0.4) is 0 Å². The SMILES string of the molecule is O=C(Nc1ccc(S(=O)(=O)c2ccc([N+](=O)[O-])cc2OC2CCCCO2)cc1)C(F)(F)F. The van der Waals surface area contributed by atoms with E-state index in [9.17, 15) is 36.5 Å². The van der Waals surface area contributed by atoms with Gasteiger partial charge in [-0.15, -0.1) is 0 Å². The summed E-state index contributed by atoms with van der Waals surface area (Å²) in [6.45, 7) is 0.396. The maximum Gasteiger partial charge on any atom is 0.471 e.